The molecule has 2 aromatic rings. The highest BCUT2D eigenvalue weighted by atomic mass is 79.9. The first-order valence-corrected chi connectivity index (χ1v) is 9.03. The van der Waals surface area contributed by atoms with Gasteiger partial charge in [0.25, 0.3) is 0 Å². The molecule has 1 aliphatic heterocycles. The van der Waals surface area contributed by atoms with E-state index in [1.165, 1.54) is 19.8 Å². The second-order valence-electron chi connectivity index (χ2n) is 5.45. The van der Waals surface area contributed by atoms with Crippen molar-refractivity contribution in [2.75, 3.05) is 6.54 Å². The van der Waals surface area contributed by atoms with Crippen molar-refractivity contribution in [3.05, 3.63) is 50.1 Å². The monoisotopic (exact) mass is 365 g/mol. The molecule has 3 rings (SSSR count). The van der Waals surface area contributed by atoms with Gasteiger partial charge in [-0.05, 0) is 53.5 Å². The quantitative estimate of drug-likeness (QED) is 0.816. The summed E-state index contributed by atoms with van der Waals surface area (Å²) in [6.45, 7) is 5.36. The minimum absolute atomic E-state index is 0.180. The lowest BCUT2D eigenvalue weighted by molar-refractivity contribution is 0.180. The van der Waals surface area contributed by atoms with Crippen molar-refractivity contribution in [1.82, 2.24) is 5.32 Å². The third-order valence-corrected chi connectivity index (χ3v) is 6.06. The van der Waals surface area contributed by atoms with E-state index < -0.39 is 0 Å². The van der Waals surface area contributed by atoms with Gasteiger partial charge in [-0.25, -0.2) is 0 Å². The lowest BCUT2D eigenvalue weighted by Crippen LogP contribution is -2.34. The fourth-order valence-corrected chi connectivity index (χ4v) is 4.43. The summed E-state index contributed by atoms with van der Waals surface area (Å²) >= 11 is 5.48. The van der Waals surface area contributed by atoms with Gasteiger partial charge in [-0.2, -0.15) is 0 Å². The third-order valence-electron chi connectivity index (χ3n) is 3.84. The minimum atomic E-state index is 0.180. The molecule has 0 saturated carbocycles. The molecule has 0 spiro atoms. The molecule has 0 aliphatic carbocycles. The molecule has 0 saturated heterocycles. The third kappa shape index (κ3) is 3.17. The number of nitrogens with one attached hydrogen (secondary N) is 1. The van der Waals surface area contributed by atoms with Gasteiger partial charge in [-0.3, -0.25) is 0 Å². The molecule has 0 bridgehead atoms. The predicted molar refractivity (Wildman–Crippen MR) is 92.4 cm³/mol. The zero-order valence-corrected chi connectivity index (χ0v) is 14.8. The molecule has 4 heteroatoms. The Balaban J connectivity index is 1.84. The number of thiophene rings is 1. The van der Waals surface area contributed by atoms with Gasteiger partial charge < -0.3 is 10.1 Å². The highest BCUT2D eigenvalue weighted by Gasteiger charge is 2.32. The summed E-state index contributed by atoms with van der Waals surface area (Å²) in [5.74, 6) is 1.04. The average Bonchev–Trinajstić information content (AvgIpc) is 3.04. The van der Waals surface area contributed by atoms with Crippen LogP contribution in [0.4, 0.5) is 0 Å². The summed E-state index contributed by atoms with van der Waals surface area (Å²) in [5.41, 5.74) is 1.32. The van der Waals surface area contributed by atoms with Gasteiger partial charge in [0.1, 0.15) is 11.9 Å². The van der Waals surface area contributed by atoms with E-state index in [0.29, 0.717) is 0 Å². The van der Waals surface area contributed by atoms with Crippen molar-refractivity contribution in [3.63, 3.8) is 0 Å². The van der Waals surface area contributed by atoms with Crippen LogP contribution in [0.5, 0.6) is 5.75 Å². The molecule has 1 aromatic carbocycles. The van der Waals surface area contributed by atoms with Crippen LogP contribution in [-0.4, -0.2) is 12.6 Å². The summed E-state index contributed by atoms with van der Waals surface area (Å²) < 4.78 is 7.39. The Morgan fingerprint density at radius 1 is 1.43 bits per heavy atom. The van der Waals surface area contributed by atoms with Gasteiger partial charge in [0.2, 0.25) is 0 Å². The number of ether oxygens (including phenoxy) is 1. The zero-order valence-electron chi connectivity index (χ0n) is 12.4. The second-order valence-corrected chi connectivity index (χ2v) is 7.60. The number of hydrogen-bond donors (Lipinski definition) is 1. The first-order chi connectivity index (χ1) is 10.2. The molecule has 21 heavy (non-hydrogen) atoms. The van der Waals surface area contributed by atoms with Crippen LogP contribution in [0, 0.1) is 6.92 Å². The molecule has 2 unspecified atom stereocenters. The second kappa shape index (κ2) is 6.51. The Bertz CT molecular complexity index is 581. The Morgan fingerprint density at radius 3 is 2.90 bits per heavy atom. The van der Waals surface area contributed by atoms with Crippen molar-refractivity contribution in [3.8, 4) is 5.75 Å². The Labute approximate surface area is 138 Å². The molecule has 0 radical (unpaired) electrons. The maximum atomic E-state index is 6.20. The van der Waals surface area contributed by atoms with Crippen LogP contribution in [-0.2, 0) is 6.42 Å². The van der Waals surface area contributed by atoms with Crippen molar-refractivity contribution < 1.29 is 4.74 Å². The summed E-state index contributed by atoms with van der Waals surface area (Å²) in [5, 5.41) is 3.67. The maximum absolute atomic E-state index is 6.20. The molecular formula is C17H20BrNOS. The minimum Gasteiger partial charge on any atom is -0.488 e. The zero-order chi connectivity index (χ0) is 14.8. The highest BCUT2D eigenvalue weighted by molar-refractivity contribution is 9.10. The number of benzene rings is 1. The lowest BCUT2D eigenvalue weighted by atomic mass is 10.0. The Hall–Kier alpha value is -0.840. The van der Waals surface area contributed by atoms with Gasteiger partial charge in [0.15, 0.2) is 0 Å². The van der Waals surface area contributed by atoms with E-state index in [4.69, 9.17) is 4.74 Å². The van der Waals surface area contributed by atoms with Crippen LogP contribution in [0.2, 0.25) is 0 Å². The van der Waals surface area contributed by atoms with Crippen molar-refractivity contribution >= 4 is 27.3 Å². The van der Waals surface area contributed by atoms with E-state index in [0.717, 1.165) is 25.1 Å². The van der Waals surface area contributed by atoms with E-state index >= 15 is 0 Å². The van der Waals surface area contributed by atoms with Crippen LogP contribution in [0.15, 0.2) is 34.8 Å². The van der Waals surface area contributed by atoms with Crippen molar-refractivity contribution in [2.24, 2.45) is 0 Å². The number of rotatable bonds is 5. The van der Waals surface area contributed by atoms with Crippen LogP contribution in [0.25, 0.3) is 0 Å². The molecule has 1 N–H and O–H groups in total. The SMILES string of the molecule is CCCNC(c1cc(Br)c(C)s1)C1Cc2ccccc2O1. The van der Waals surface area contributed by atoms with Gasteiger partial charge in [-0.1, -0.05) is 25.1 Å². The van der Waals surface area contributed by atoms with E-state index in [9.17, 15) is 0 Å². The maximum Gasteiger partial charge on any atom is 0.123 e. The molecule has 2 heterocycles. The number of hydrogen-bond acceptors (Lipinski definition) is 3. The standard InChI is InChI=1S/C17H20BrNOS/c1-3-8-19-17(16-10-13(18)11(2)21-16)15-9-12-6-4-5-7-14(12)20-15/h4-7,10,15,17,19H,3,8-9H2,1-2H3. The highest BCUT2D eigenvalue weighted by Crippen LogP contribution is 2.38. The molecule has 2 atom stereocenters. The topological polar surface area (TPSA) is 21.3 Å². The lowest BCUT2D eigenvalue weighted by Gasteiger charge is -2.23. The van der Waals surface area contributed by atoms with Gasteiger partial charge in [0.05, 0.1) is 6.04 Å². The molecular weight excluding hydrogens is 346 g/mol. The van der Waals surface area contributed by atoms with Crippen LogP contribution >= 0.6 is 27.3 Å². The summed E-state index contributed by atoms with van der Waals surface area (Å²) in [6, 6.07) is 10.9. The largest absolute Gasteiger partial charge is 0.488 e. The first-order valence-electron chi connectivity index (χ1n) is 7.42. The molecule has 0 fully saturated rings. The molecule has 1 aliphatic rings. The average molecular weight is 366 g/mol. The smallest absolute Gasteiger partial charge is 0.123 e. The van der Waals surface area contributed by atoms with Crippen molar-refractivity contribution in [1.29, 1.82) is 0 Å². The van der Waals surface area contributed by atoms with Crippen molar-refractivity contribution in [2.45, 2.75) is 38.8 Å². The fourth-order valence-electron chi connectivity index (χ4n) is 2.74. The molecule has 1 aromatic heterocycles. The number of fused-ring (bicyclic) bond motifs is 1. The van der Waals surface area contributed by atoms with E-state index in [-0.39, 0.29) is 12.1 Å². The summed E-state index contributed by atoms with van der Waals surface area (Å²) in [6.07, 6.45) is 2.28. The first kappa shape index (κ1) is 15.1. The molecule has 2 nitrogen and oxygen atoms in total. The van der Waals surface area contributed by atoms with Crippen LogP contribution < -0.4 is 10.1 Å². The van der Waals surface area contributed by atoms with Gasteiger partial charge in [-0.15, -0.1) is 11.3 Å². The van der Waals surface area contributed by atoms with Crippen LogP contribution in [0.1, 0.15) is 34.7 Å². The number of aryl methyl sites for hydroxylation is 1. The van der Waals surface area contributed by atoms with E-state index in [1.54, 1.807) is 0 Å². The van der Waals surface area contributed by atoms with E-state index in [2.05, 4.69) is 59.4 Å². The normalized spacial score (nSPS) is 18.3. The summed E-state index contributed by atoms with van der Waals surface area (Å²) in [7, 11) is 0. The van der Waals surface area contributed by atoms with Gasteiger partial charge >= 0.3 is 0 Å². The van der Waals surface area contributed by atoms with E-state index in [1.807, 2.05) is 17.4 Å². The Morgan fingerprint density at radius 2 is 2.24 bits per heavy atom. The molecule has 0 amide bonds. The molecule has 112 valence electrons. The summed E-state index contributed by atoms with van der Waals surface area (Å²) in [4.78, 5) is 2.68. The Kier molecular flexibility index (Phi) is 4.67. The number of para-hydroxylation sites is 1. The number of halogens is 1. The van der Waals surface area contributed by atoms with Gasteiger partial charge in [0, 0.05) is 20.6 Å². The van der Waals surface area contributed by atoms with Crippen LogP contribution in [0.3, 0.4) is 0 Å². The predicted octanol–water partition coefficient (Wildman–Crippen LogP) is 4.86. The fraction of sp³-hybridized carbons (Fsp3) is 0.412.